The molecule has 0 spiro atoms. The van der Waals surface area contributed by atoms with Gasteiger partial charge in [0.05, 0.1) is 0 Å². The summed E-state index contributed by atoms with van der Waals surface area (Å²) < 4.78 is 2.44. The van der Waals surface area contributed by atoms with Crippen molar-refractivity contribution < 1.29 is 46.1 Å². The molecule has 0 N–H and O–H groups in total. The van der Waals surface area contributed by atoms with Gasteiger partial charge in [-0.2, -0.15) is 0 Å². The molecule has 0 aromatic heterocycles. The van der Waals surface area contributed by atoms with Crippen molar-refractivity contribution in [3.63, 3.8) is 0 Å². The molecule has 0 heterocycles. The van der Waals surface area contributed by atoms with Crippen LogP contribution in [0.1, 0.15) is 98.9 Å². The zero-order valence-corrected chi connectivity index (χ0v) is 32.5. The molecule has 0 fully saturated rings. The van der Waals surface area contributed by atoms with E-state index in [4.69, 9.17) is 0 Å². The van der Waals surface area contributed by atoms with Gasteiger partial charge in [-0.05, 0) is 0 Å². The smallest absolute Gasteiger partial charge is 1.00 e. The Morgan fingerprint density at radius 3 is 1.51 bits per heavy atom. The Morgan fingerprint density at radius 2 is 1.04 bits per heavy atom. The Balaban J connectivity index is 0.00000217. The van der Waals surface area contributed by atoms with Gasteiger partial charge in [-0.1, -0.05) is 0 Å². The number of allylic oxidation sites excluding steroid dienone is 1. The largest absolute Gasteiger partial charge is 1.00 e. The molecule has 0 bridgehead atoms. The van der Waals surface area contributed by atoms with Crippen LogP contribution in [0.25, 0.3) is 17.2 Å². The Kier molecular flexibility index (Phi) is 10.3. The Labute approximate surface area is 302 Å². The van der Waals surface area contributed by atoms with Gasteiger partial charge in [0, 0.05) is 0 Å². The van der Waals surface area contributed by atoms with Gasteiger partial charge in [-0.25, -0.2) is 0 Å². The minimum atomic E-state index is -2.85. The average molecular weight is 735 g/mol. The first-order valence-corrected chi connectivity index (χ1v) is 20.5. The number of halogens is 2. The van der Waals surface area contributed by atoms with Crippen LogP contribution in [0.2, 0.25) is 0 Å². The van der Waals surface area contributed by atoms with E-state index in [9.17, 15) is 0 Å². The Hall–Kier alpha value is -2.83. The van der Waals surface area contributed by atoms with Crippen LogP contribution in [-0.4, -0.2) is 3.21 Å². The van der Waals surface area contributed by atoms with E-state index in [1.54, 1.807) is 14.3 Å². The summed E-state index contributed by atoms with van der Waals surface area (Å²) in [5, 5.41) is 0. The summed E-state index contributed by atoms with van der Waals surface area (Å²) in [4.78, 5) is 0. The zero-order chi connectivity index (χ0) is 31.5. The number of aryl methyl sites for hydroxylation is 1. The Morgan fingerprint density at radius 1 is 0.553 bits per heavy atom. The number of hydrogen-bond acceptors (Lipinski definition) is 0. The summed E-state index contributed by atoms with van der Waals surface area (Å²) in [6.45, 7) is 16.4. The maximum Gasteiger partial charge on any atom is -1.00 e. The van der Waals surface area contributed by atoms with Gasteiger partial charge < -0.3 is 24.8 Å². The molecule has 0 saturated heterocycles. The van der Waals surface area contributed by atoms with Crippen LogP contribution in [0.4, 0.5) is 0 Å². The molecule has 0 radical (unpaired) electrons. The molecular weight excluding hydrogens is 691 g/mol. The standard InChI is InChI=1S/C21H25.C13H10.C10H9.2ClH.Zr/c1-20(2,3)16-7-9-18-14(12-16)11-15-13-17(21(4,5)6)8-10-19(15)18;1-3-7-12(8-4-1)11-13-9-5-2-6-10-13;1-8-4-2-5-9-6-3-7-10(8)9;;;/h7-13H,1-6H3;1-10H;2-7H,1H3;2*1H;/q;;;;;+2/p-2. The van der Waals surface area contributed by atoms with Crippen LogP contribution in [0.5, 0.6) is 0 Å². The van der Waals surface area contributed by atoms with Gasteiger partial charge in [0.1, 0.15) is 0 Å². The van der Waals surface area contributed by atoms with E-state index in [1.165, 1.54) is 50.1 Å². The van der Waals surface area contributed by atoms with Gasteiger partial charge in [0.2, 0.25) is 0 Å². The molecule has 0 amide bonds. The third-order valence-electron chi connectivity index (χ3n) is 9.96. The van der Waals surface area contributed by atoms with Crippen molar-refractivity contribution in [2.24, 2.45) is 0 Å². The summed E-state index contributed by atoms with van der Waals surface area (Å²) >= 11 is -2.85. The van der Waals surface area contributed by atoms with Gasteiger partial charge in [-0.15, -0.1) is 0 Å². The molecule has 0 aliphatic heterocycles. The zero-order valence-electron chi connectivity index (χ0n) is 28.5. The third kappa shape index (κ3) is 6.49. The Bertz CT molecular complexity index is 1870. The molecule has 3 heteroatoms. The van der Waals surface area contributed by atoms with Gasteiger partial charge >= 0.3 is 280 Å². The molecule has 5 aromatic carbocycles. The summed E-state index contributed by atoms with van der Waals surface area (Å²) in [6.07, 6.45) is 5.04. The molecule has 238 valence electrons. The van der Waals surface area contributed by atoms with Crippen LogP contribution in [0, 0.1) is 6.92 Å². The van der Waals surface area contributed by atoms with Crippen molar-refractivity contribution in [1.29, 1.82) is 0 Å². The third-order valence-corrected chi connectivity index (χ3v) is 18.7. The number of fused-ring (bicyclic) bond motifs is 4. The number of hydrogen-bond donors (Lipinski definition) is 0. The van der Waals surface area contributed by atoms with Crippen molar-refractivity contribution in [3.05, 3.63) is 171 Å². The van der Waals surface area contributed by atoms with E-state index < -0.39 is 21.3 Å². The van der Waals surface area contributed by atoms with Crippen molar-refractivity contribution in [1.82, 2.24) is 0 Å². The maximum absolute atomic E-state index is 2.85. The maximum atomic E-state index is 2.60. The summed E-state index contributed by atoms with van der Waals surface area (Å²) in [6, 6.07) is 44.6. The average Bonchev–Trinajstić information content (AvgIpc) is 3.59. The molecular formula is C44H44Cl2Zr. The predicted octanol–water partition coefficient (Wildman–Crippen LogP) is 5.32. The van der Waals surface area contributed by atoms with Crippen molar-refractivity contribution in [2.45, 2.75) is 66.5 Å². The quantitative estimate of drug-likeness (QED) is 0.235. The summed E-state index contributed by atoms with van der Waals surface area (Å²) in [5.41, 5.74) is 16.1. The van der Waals surface area contributed by atoms with Crippen LogP contribution in [-0.2, 0) is 32.1 Å². The first-order chi connectivity index (χ1) is 21.5. The second-order valence-corrected chi connectivity index (χ2v) is 21.4. The predicted molar refractivity (Wildman–Crippen MR) is 190 cm³/mol. The van der Waals surface area contributed by atoms with Crippen molar-refractivity contribution in [2.75, 3.05) is 0 Å². The topological polar surface area (TPSA) is 0 Å². The van der Waals surface area contributed by atoms with Crippen molar-refractivity contribution in [3.8, 4) is 11.1 Å². The molecule has 1 atom stereocenters. The fraction of sp³-hybridized carbons (Fsp3) is 0.250. The second-order valence-electron chi connectivity index (χ2n) is 15.0. The molecule has 1 unspecified atom stereocenters. The van der Waals surface area contributed by atoms with Crippen molar-refractivity contribution >= 4 is 9.28 Å². The van der Waals surface area contributed by atoms with E-state index in [1.807, 2.05) is 0 Å². The first-order valence-electron chi connectivity index (χ1n) is 16.4. The van der Waals surface area contributed by atoms with E-state index in [-0.39, 0.29) is 35.6 Å². The minimum absolute atomic E-state index is 0. The number of benzene rings is 5. The molecule has 47 heavy (non-hydrogen) atoms. The molecule has 2 aliphatic carbocycles. The first kappa shape index (κ1) is 35.5. The fourth-order valence-corrected chi connectivity index (χ4v) is 17.3. The van der Waals surface area contributed by atoms with Gasteiger partial charge in [-0.3, -0.25) is 0 Å². The van der Waals surface area contributed by atoms with Gasteiger partial charge in [0.25, 0.3) is 0 Å². The molecule has 7 rings (SSSR count). The minimum Gasteiger partial charge on any atom is -1.00 e. The normalized spacial score (nSPS) is 14.6. The van der Waals surface area contributed by atoms with E-state index >= 15 is 0 Å². The molecule has 0 nitrogen and oxygen atoms in total. The van der Waals surface area contributed by atoms with Crippen LogP contribution in [0.15, 0.2) is 121 Å². The SMILES string of the molecule is Cc1cccc2c1C=C[CH]2[Zr+2](=[C](c1ccccc1)c1ccccc1)[CH]1c2cc(C(C)(C)C)ccc2-c2ccc(C(C)(C)C)cc21.[Cl-].[Cl-]. The van der Waals surface area contributed by atoms with Gasteiger partial charge in [0.15, 0.2) is 0 Å². The van der Waals surface area contributed by atoms with Crippen LogP contribution >= 0.6 is 0 Å². The molecule has 0 saturated carbocycles. The summed E-state index contributed by atoms with van der Waals surface area (Å²) in [7, 11) is 0. The fourth-order valence-electron chi connectivity index (χ4n) is 7.49. The monoisotopic (exact) mass is 732 g/mol. The molecule has 2 aliphatic rings. The van der Waals surface area contributed by atoms with Crippen LogP contribution < -0.4 is 24.8 Å². The van der Waals surface area contributed by atoms with E-state index in [0.717, 1.165) is 0 Å². The second kappa shape index (κ2) is 13.6. The van der Waals surface area contributed by atoms with E-state index in [2.05, 4.69) is 176 Å². The van der Waals surface area contributed by atoms with E-state index in [0.29, 0.717) is 7.25 Å². The summed E-state index contributed by atoms with van der Waals surface area (Å²) in [5.74, 6) is 0. The van der Waals surface area contributed by atoms with Crippen LogP contribution in [0.3, 0.4) is 0 Å². The molecule has 5 aromatic rings. The number of rotatable bonds is 4.